The summed E-state index contributed by atoms with van der Waals surface area (Å²) in [5.74, 6) is 0.0537. The van der Waals surface area contributed by atoms with Crippen LogP contribution in [0, 0.1) is 0 Å². The molecule has 0 unspecified atom stereocenters. The lowest BCUT2D eigenvalue weighted by Crippen LogP contribution is -2.01. The molecule has 27 heavy (non-hydrogen) atoms. The summed E-state index contributed by atoms with van der Waals surface area (Å²) >= 11 is 0. The monoisotopic (exact) mass is 366 g/mol. The highest BCUT2D eigenvalue weighted by molar-refractivity contribution is 5.86. The Morgan fingerprint density at radius 1 is 1.19 bits per heavy atom. The summed E-state index contributed by atoms with van der Waals surface area (Å²) in [6.07, 6.45) is 4.59. The Balaban J connectivity index is 1.98. The number of hydrogen-bond acceptors (Lipinski definition) is 3. The fourth-order valence-corrected chi connectivity index (χ4v) is 3.17. The standard InChI is InChI=1S/C22H26N2O3/c1-3-5-12-27-21-10-6-16(7-11-22(25)26)13-19(21)17-8-9-20-18(14-17)15-23-24(20)4-2/h6,8-10,13-15H,3-5,7,11-12H2,1-2H3,(H,25,26). The Labute approximate surface area is 159 Å². The maximum absolute atomic E-state index is 10.9. The summed E-state index contributed by atoms with van der Waals surface area (Å²) in [7, 11) is 0. The molecule has 0 atom stereocenters. The number of unbranched alkanes of at least 4 members (excludes halogenated alkanes) is 1. The van der Waals surface area contributed by atoms with Crippen LogP contribution < -0.4 is 4.74 Å². The van der Waals surface area contributed by atoms with Crippen LogP contribution in [0.2, 0.25) is 0 Å². The molecular weight excluding hydrogens is 340 g/mol. The maximum atomic E-state index is 10.9. The number of carboxylic acids is 1. The summed E-state index contributed by atoms with van der Waals surface area (Å²) in [4.78, 5) is 10.9. The van der Waals surface area contributed by atoms with Crippen molar-refractivity contribution < 1.29 is 14.6 Å². The topological polar surface area (TPSA) is 64.3 Å². The highest BCUT2D eigenvalue weighted by Crippen LogP contribution is 2.33. The van der Waals surface area contributed by atoms with Gasteiger partial charge in [0.05, 0.1) is 18.3 Å². The second kappa shape index (κ2) is 8.71. The summed E-state index contributed by atoms with van der Waals surface area (Å²) in [6.45, 7) is 5.72. The number of aromatic nitrogens is 2. The number of carboxylic acid groups (broad SMARTS) is 1. The van der Waals surface area contributed by atoms with Gasteiger partial charge in [0.1, 0.15) is 5.75 Å². The van der Waals surface area contributed by atoms with Crippen LogP contribution in [0.1, 0.15) is 38.7 Å². The number of aliphatic carboxylic acids is 1. The van der Waals surface area contributed by atoms with Gasteiger partial charge in [-0.2, -0.15) is 5.10 Å². The first-order chi connectivity index (χ1) is 13.1. The predicted molar refractivity (Wildman–Crippen MR) is 107 cm³/mol. The highest BCUT2D eigenvalue weighted by Gasteiger charge is 2.11. The van der Waals surface area contributed by atoms with E-state index in [1.54, 1.807) is 0 Å². The average molecular weight is 366 g/mol. The van der Waals surface area contributed by atoms with Crippen LogP contribution in [0.3, 0.4) is 0 Å². The highest BCUT2D eigenvalue weighted by atomic mass is 16.5. The van der Waals surface area contributed by atoms with Crippen molar-refractivity contribution in [3.8, 4) is 16.9 Å². The molecule has 0 aliphatic rings. The molecule has 5 nitrogen and oxygen atoms in total. The van der Waals surface area contributed by atoms with Crippen molar-refractivity contribution in [2.45, 2.75) is 46.1 Å². The van der Waals surface area contributed by atoms with E-state index in [-0.39, 0.29) is 6.42 Å². The van der Waals surface area contributed by atoms with Gasteiger partial charge in [-0.25, -0.2) is 0 Å². The van der Waals surface area contributed by atoms with Crippen LogP contribution in [-0.4, -0.2) is 27.5 Å². The van der Waals surface area contributed by atoms with E-state index in [9.17, 15) is 4.79 Å². The van der Waals surface area contributed by atoms with Crippen molar-refractivity contribution in [2.75, 3.05) is 6.61 Å². The largest absolute Gasteiger partial charge is 0.493 e. The smallest absolute Gasteiger partial charge is 0.303 e. The van der Waals surface area contributed by atoms with Crippen LogP contribution in [0.15, 0.2) is 42.6 Å². The summed E-state index contributed by atoms with van der Waals surface area (Å²) in [5, 5.41) is 14.5. The van der Waals surface area contributed by atoms with Gasteiger partial charge in [0.25, 0.3) is 0 Å². The number of hydrogen-bond donors (Lipinski definition) is 1. The van der Waals surface area contributed by atoms with E-state index in [0.717, 1.165) is 52.7 Å². The van der Waals surface area contributed by atoms with E-state index in [1.807, 2.05) is 23.0 Å². The number of fused-ring (bicyclic) bond motifs is 1. The number of carbonyl (C=O) groups is 1. The van der Waals surface area contributed by atoms with Gasteiger partial charge in [-0.05, 0) is 55.2 Å². The number of rotatable bonds is 9. The van der Waals surface area contributed by atoms with Crippen LogP contribution in [-0.2, 0) is 17.8 Å². The van der Waals surface area contributed by atoms with Gasteiger partial charge < -0.3 is 9.84 Å². The lowest BCUT2D eigenvalue weighted by atomic mass is 9.99. The molecule has 0 spiro atoms. The van der Waals surface area contributed by atoms with Gasteiger partial charge in [-0.15, -0.1) is 0 Å². The molecule has 2 aromatic carbocycles. The van der Waals surface area contributed by atoms with Crippen molar-refractivity contribution in [3.05, 3.63) is 48.2 Å². The van der Waals surface area contributed by atoms with E-state index >= 15 is 0 Å². The quantitative estimate of drug-likeness (QED) is 0.546. The molecule has 0 aliphatic heterocycles. The second-order valence-corrected chi connectivity index (χ2v) is 6.66. The van der Waals surface area contributed by atoms with Gasteiger partial charge >= 0.3 is 5.97 Å². The number of aryl methyl sites for hydroxylation is 2. The number of nitrogens with zero attached hydrogens (tertiary/aromatic N) is 2. The zero-order chi connectivity index (χ0) is 19.2. The number of benzene rings is 2. The molecule has 1 aromatic heterocycles. The molecule has 0 saturated carbocycles. The Hall–Kier alpha value is -2.82. The molecule has 5 heteroatoms. The summed E-state index contributed by atoms with van der Waals surface area (Å²) < 4.78 is 7.99. The minimum atomic E-state index is -0.784. The van der Waals surface area contributed by atoms with Crippen molar-refractivity contribution >= 4 is 16.9 Å². The summed E-state index contributed by atoms with van der Waals surface area (Å²) in [6, 6.07) is 12.3. The third-order valence-corrected chi connectivity index (χ3v) is 4.68. The first-order valence-corrected chi connectivity index (χ1v) is 9.55. The van der Waals surface area contributed by atoms with Gasteiger partial charge in [-0.3, -0.25) is 9.48 Å². The zero-order valence-electron chi connectivity index (χ0n) is 15.9. The molecule has 3 aromatic rings. The Bertz CT molecular complexity index is 930. The second-order valence-electron chi connectivity index (χ2n) is 6.66. The normalized spacial score (nSPS) is 11.0. The van der Waals surface area contributed by atoms with Gasteiger partial charge in [0.15, 0.2) is 0 Å². The molecule has 0 aliphatic carbocycles. The first kappa shape index (κ1) is 19.0. The first-order valence-electron chi connectivity index (χ1n) is 9.55. The minimum Gasteiger partial charge on any atom is -0.493 e. The Morgan fingerprint density at radius 3 is 2.78 bits per heavy atom. The average Bonchev–Trinajstić information content (AvgIpc) is 3.09. The SMILES string of the molecule is CCCCOc1ccc(CCC(=O)O)cc1-c1ccc2c(cnn2CC)c1. The van der Waals surface area contributed by atoms with Crippen molar-refractivity contribution in [1.29, 1.82) is 0 Å². The van der Waals surface area contributed by atoms with E-state index in [0.29, 0.717) is 13.0 Å². The van der Waals surface area contributed by atoms with E-state index < -0.39 is 5.97 Å². The molecule has 0 radical (unpaired) electrons. The van der Waals surface area contributed by atoms with Crippen molar-refractivity contribution in [1.82, 2.24) is 9.78 Å². The number of ether oxygens (including phenoxy) is 1. The molecular formula is C22H26N2O3. The molecule has 1 N–H and O–H groups in total. The zero-order valence-corrected chi connectivity index (χ0v) is 15.9. The van der Waals surface area contributed by atoms with Crippen LogP contribution in [0.25, 0.3) is 22.0 Å². The molecule has 142 valence electrons. The maximum Gasteiger partial charge on any atom is 0.303 e. The molecule has 1 heterocycles. The molecule has 0 bridgehead atoms. The van der Waals surface area contributed by atoms with Crippen LogP contribution in [0.5, 0.6) is 5.75 Å². The van der Waals surface area contributed by atoms with Gasteiger partial charge in [0.2, 0.25) is 0 Å². The molecule has 0 fully saturated rings. The van der Waals surface area contributed by atoms with E-state index in [4.69, 9.17) is 9.84 Å². The fraction of sp³-hybridized carbons (Fsp3) is 0.364. The molecule has 0 amide bonds. The lowest BCUT2D eigenvalue weighted by molar-refractivity contribution is -0.136. The molecule has 3 rings (SSSR count). The van der Waals surface area contributed by atoms with E-state index in [1.165, 1.54) is 0 Å². The van der Waals surface area contributed by atoms with E-state index in [2.05, 4.69) is 43.2 Å². The molecule has 0 saturated heterocycles. The third kappa shape index (κ3) is 4.48. The van der Waals surface area contributed by atoms with Crippen molar-refractivity contribution in [3.63, 3.8) is 0 Å². The van der Waals surface area contributed by atoms with Gasteiger partial charge in [-0.1, -0.05) is 25.5 Å². The predicted octanol–water partition coefficient (Wildman–Crippen LogP) is 4.92. The minimum absolute atomic E-state index is 0.123. The fourth-order valence-electron chi connectivity index (χ4n) is 3.17. The van der Waals surface area contributed by atoms with Crippen LogP contribution >= 0.6 is 0 Å². The third-order valence-electron chi connectivity index (χ3n) is 4.68. The Kier molecular flexibility index (Phi) is 6.12. The van der Waals surface area contributed by atoms with Crippen molar-refractivity contribution in [2.24, 2.45) is 0 Å². The Morgan fingerprint density at radius 2 is 2.04 bits per heavy atom. The lowest BCUT2D eigenvalue weighted by Gasteiger charge is -2.14. The van der Waals surface area contributed by atoms with Gasteiger partial charge in [0, 0.05) is 23.9 Å². The summed E-state index contributed by atoms with van der Waals surface area (Å²) in [5.41, 5.74) is 4.17. The van der Waals surface area contributed by atoms with Crippen LogP contribution in [0.4, 0.5) is 0 Å².